The lowest BCUT2D eigenvalue weighted by Crippen LogP contribution is -2.17. The molecule has 34 heavy (non-hydrogen) atoms. The number of aromatic nitrogens is 1. The van der Waals surface area contributed by atoms with Gasteiger partial charge in [0, 0.05) is 29.2 Å². The van der Waals surface area contributed by atoms with Crippen LogP contribution in [0.15, 0.2) is 94.8 Å². The van der Waals surface area contributed by atoms with Crippen LogP contribution in [0.4, 0.5) is 4.39 Å². The second kappa shape index (κ2) is 10.8. The van der Waals surface area contributed by atoms with Crippen LogP contribution in [0.2, 0.25) is 0 Å². The van der Waals surface area contributed by atoms with Crippen molar-refractivity contribution in [3.05, 3.63) is 112 Å². The van der Waals surface area contributed by atoms with Crippen LogP contribution in [-0.2, 0) is 6.61 Å². The molecule has 1 aromatic heterocycles. The van der Waals surface area contributed by atoms with Gasteiger partial charge in [-0.15, -0.1) is 0 Å². The highest BCUT2D eigenvalue weighted by molar-refractivity contribution is 9.10. The molecule has 0 aliphatic heterocycles. The molecule has 1 heterocycles. The third-order valence-electron chi connectivity index (χ3n) is 4.99. The molecule has 0 spiro atoms. The molecule has 8 heteroatoms. The third kappa shape index (κ3) is 5.52. The SMILES string of the molecule is COc1cc(/C=N/NC(=O)c2ccc(-n3cccc3)cc2)cc(Br)c1OCc1ccccc1F. The van der Waals surface area contributed by atoms with Gasteiger partial charge in [0.15, 0.2) is 11.5 Å². The van der Waals surface area contributed by atoms with E-state index in [1.54, 1.807) is 42.5 Å². The largest absolute Gasteiger partial charge is 0.493 e. The minimum absolute atomic E-state index is 0.0499. The Morgan fingerprint density at radius 3 is 2.53 bits per heavy atom. The van der Waals surface area contributed by atoms with Crippen molar-refractivity contribution in [2.45, 2.75) is 6.61 Å². The number of methoxy groups -OCH3 is 1. The van der Waals surface area contributed by atoms with Crippen molar-refractivity contribution in [1.29, 1.82) is 0 Å². The second-order valence-corrected chi connectivity index (χ2v) is 8.10. The minimum Gasteiger partial charge on any atom is -0.493 e. The number of nitrogens with one attached hydrogen (secondary N) is 1. The van der Waals surface area contributed by atoms with Gasteiger partial charge in [-0.3, -0.25) is 4.79 Å². The monoisotopic (exact) mass is 521 g/mol. The molecule has 6 nitrogen and oxygen atoms in total. The van der Waals surface area contributed by atoms with E-state index in [0.717, 1.165) is 5.69 Å². The zero-order valence-electron chi connectivity index (χ0n) is 18.2. The number of carbonyl (C=O) groups is 1. The van der Waals surface area contributed by atoms with E-state index in [9.17, 15) is 9.18 Å². The quantitative estimate of drug-likeness (QED) is 0.238. The Labute approximate surface area is 204 Å². The van der Waals surface area contributed by atoms with Gasteiger partial charge in [-0.2, -0.15) is 5.10 Å². The number of hydrazone groups is 1. The molecule has 0 aliphatic rings. The maximum atomic E-state index is 13.9. The van der Waals surface area contributed by atoms with Crippen LogP contribution in [-0.4, -0.2) is 23.8 Å². The van der Waals surface area contributed by atoms with E-state index in [1.807, 2.05) is 41.2 Å². The Hall–Kier alpha value is -3.91. The van der Waals surface area contributed by atoms with E-state index in [2.05, 4.69) is 26.5 Å². The fourth-order valence-electron chi connectivity index (χ4n) is 3.24. The van der Waals surface area contributed by atoms with Crippen molar-refractivity contribution >= 4 is 28.1 Å². The summed E-state index contributed by atoms with van der Waals surface area (Å²) in [5.74, 6) is 0.219. The molecule has 3 aromatic carbocycles. The highest BCUT2D eigenvalue weighted by atomic mass is 79.9. The third-order valence-corrected chi connectivity index (χ3v) is 5.58. The van der Waals surface area contributed by atoms with Crippen molar-refractivity contribution in [1.82, 2.24) is 9.99 Å². The molecule has 0 unspecified atom stereocenters. The number of halogens is 2. The van der Waals surface area contributed by atoms with Gasteiger partial charge in [-0.1, -0.05) is 18.2 Å². The predicted octanol–water partition coefficient (Wildman–Crippen LogP) is 5.73. The van der Waals surface area contributed by atoms with Gasteiger partial charge in [0.05, 0.1) is 17.8 Å². The fourth-order valence-corrected chi connectivity index (χ4v) is 3.82. The molecule has 0 bridgehead atoms. The van der Waals surface area contributed by atoms with Crippen molar-refractivity contribution < 1.29 is 18.7 Å². The summed E-state index contributed by atoms with van der Waals surface area (Å²) in [5, 5.41) is 4.05. The highest BCUT2D eigenvalue weighted by Crippen LogP contribution is 2.37. The van der Waals surface area contributed by atoms with Crippen LogP contribution >= 0.6 is 15.9 Å². The number of amides is 1. The van der Waals surface area contributed by atoms with Gasteiger partial charge in [-0.05, 0) is 76.1 Å². The Kier molecular flexibility index (Phi) is 7.39. The van der Waals surface area contributed by atoms with Gasteiger partial charge >= 0.3 is 0 Å². The maximum absolute atomic E-state index is 13.9. The minimum atomic E-state index is -0.337. The van der Waals surface area contributed by atoms with E-state index in [4.69, 9.17) is 9.47 Å². The molecular weight excluding hydrogens is 501 g/mol. The smallest absolute Gasteiger partial charge is 0.271 e. The summed E-state index contributed by atoms with van der Waals surface area (Å²) in [4.78, 5) is 12.4. The lowest BCUT2D eigenvalue weighted by atomic mass is 10.2. The van der Waals surface area contributed by atoms with Gasteiger partial charge in [-0.25, -0.2) is 9.82 Å². The number of nitrogens with zero attached hydrogens (tertiary/aromatic N) is 2. The van der Waals surface area contributed by atoms with E-state index in [1.165, 1.54) is 19.4 Å². The first-order valence-corrected chi connectivity index (χ1v) is 11.1. The first-order valence-electron chi connectivity index (χ1n) is 10.4. The summed E-state index contributed by atoms with van der Waals surface area (Å²) in [6, 6.07) is 21.0. The molecule has 0 aliphatic carbocycles. The Morgan fingerprint density at radius 1 is 1.09 bits per heavy atom. The summed E-state index contributed by atoms with van der Waals surface area (Å²) < 4.78 is 27.7. The van der Waals surface area contributed by atoms with Gasteiger partial charge in [0.1, 0.15) is 12.4 Å². The number of ether oxygens (including phenoxy) is 2. The zero-order chi connectivity index (χ0) is 23.9. The number of hydrogen-bond donors (Lipinski definition) is 1. The van der Waals surface area contributed by atoms with Crippen LogP contribution in [0.5, 0.6) is 11.5 Å². The Bertz CT molecular complexity index is 1310. The molecule has 4 rings (SSSR count). The van der Waals surface area contributed by atoms with E-state index in [-0.39, 0.29) is 18.3 Å². The second-order valence-electron chi connectivity index (χ2n) is 7.25. The number of carbonyl (C=O) groups excluding carboxylic acids is 1. The molecule has 0 atom stereocenters. The first-order chi connectivity index (χ1) is 16.5. The van der Waals surface area contributed by atoms with Crippen LogP contribution in [0.3, 0.4) is 0 Å². The van der Waals surface area contributed by atoms with E-state index < -0.39 is 0 Å². The molecule has 0 saturated heterocycles. The standard InChI is InChI=1S/C26H21BrFN3O3/c1-33-24-15-18(14-22(27)25(24)34-17-20-6-2-3-7-23(20)28)16-29-30-26(32)19-8-10-21(11-9-19)31-12-4-5-13-31/h2-16H,17H2,1H3,(H,30,32)/b29-16+. The molecular formula is C26H21BrFN3O3. The summed E-state index contributed by atoms with van der Waals surface area (Å²) in [6.07, 6.45) is 5.37. The van der Waals surface area contributed by atoms with E-state index >= 15 is 0 Å². The average molecular weight is 522 g/mol. The summed E-state index contributed by atoms with van der Waals surface area (Å²) in [7, 11) is 1.51. The normalized spacial score (nSPS) is 10.9. The molecule has 172 valence electrons. The Balaban J connectivity index is 1.41. The average Bonchev–Trinajstić information content (AvgIpc) is 3.39. The highest BCUT2D eigenvalue weighted by Gasteiger charge is 2.13. The Morgan fingerprint density at radius 2 is 1.82 bits per heavy atom. The number of hydrogen-bond acceptors (Lipinski definition) is 4. The van der Waals surface area contributed by atoms with Crippen molar-refractivity contribution in [2.75, 3.05) is 7.11 Å². The van der Waals surface area contributed by atoms with Gasteiger partial charge in [0.2, 0.25) is 0 Å². The molecule has 0 fully saturated rings. The van der Waals surface area contributed by atoms with Crippen LogP contribution in [0.1, 0.15) is 21.5 Å². The van der Waals surface area contributed by atoms with Gasteiger partial charge < -0.3 is 14.0 Å². The summed E-state index contributed by atoms with van der Waals surface area (Å²) >= 11 is 3.46. The van der Waals surface area contributed by atoms with Gasteiger partial charge in [0.25, 0.3) is 5.91 Å². The molecule has 4 aromatic rings. The molecule has 0 radical (unpaired) electrons. The lowest BCUT2D eigenvalue weighted by molar-refractivity contribution is 0.0955. The van der Waals surface area contributed by atoms with Crippen LogP contribution in [0.25, 0.3) is 5.69 Å². The fraction of sp³-hybridized carbons (Fsp3) is 0.0769. The first kappa shape index (κ1) is 23.3. The van der Waals surface area contributed by atoms with Crippen molar-refractivity contribution in [3.8, 4) is 17.2 Å². The maximum Gasteiger partial charge on any atom is 0.271 e. The van der Waals surface area contributed by atoms with Crippen molar-refractivity contribution in [2.24, 2.45) is 5.10 Å². The zero-order valence-corrected chi connectivity index (χ0v) is 19.8. The predicted molar refractivity (Wildman–Crippen MR) is 132 cm³/mol. The topological polar surface area (TPSA) is 64.8 Å². The van der Waals surface area contributed by atoms with Crippen LogP contribution < -0.4 is 14.9 Å². The number of rotatable bonds is 8. The summed E-state index contributed by atoms with van der Waals surface area (Å²) in [6.45, 7) is 0.0499. The summed E-state index contributed by atoms with van der Waals surface area (Å²) in [5.41, 5.74) is 5.08. The van der Waals surface area contributed by atoms with Crippen molar-refractivity contribution in [3.63, 3.8) is 0 Å². The lowest BCUT2D eigenvalue weighted by Gasteiger charge is -2.14. The van der Waals surface area contributed by atoms with Crippen LogP contribution in [0, 0.1) is 5.82 Å². The molecule has 1 N–H and O–H groups in total. The molecule has 1 amide bonds. The number of benzene rings is 3. The molecule has 0 saturated carbocycles. The van der Waals surface area contributed by atoms with E-state index in [0.29, 0.717) is 32.7 Å².